The summed E-state index contributed by atoms with van der Waals surface area (Å²) >= 11 is 1.56. The molecule has 9 heteroatoms. The normalized spacial score (nSPS) is 19.3. The van der Waals surface area contributed by atoms with E-state index in [0.29, 0.717) is 36.9 Å². The van der Waals surface area contributed by atoms with Gasteiger partial charge in [0.05, 0.1) is 18.7 Å². The lowest BCUT2D eigenvalue weighted by Gasteiger charge is -2.26. The maximum atomic E-state index is 13.2. The minimum Gasteiger partial charge on any atom is -0.486 e. The van der Waals surface area contributed by atoms with Crippen LogP contribution in [0.5, 0.6) is 11.5 Å². The van der Waals surface area contributed by atoms with Gasteiger partial charge in [-0.25, -0.2) is 0 Å². The minimum atomic E-state index is -0.132. The van der Waals surface area contributed by atoms with Gasteiger partial charge in [-0.05, 0) is 68.3 Å². The van der Waals surface area contributed by atoms with E-state index >= 15 is 0 Å². The summed E-state index contributed by atoms with van der Waals surface area (Å²) in [5.74, 6) is 1.34. The van der Waals surface area contributed by atoms with Crippen molar-refractivity contribution in [2.45, 2.75) is 44.6 Å². The Balaban J connectivity index is 1.29. The number of amides is 2. The largest absolute Gasteiger partial charge is 0.486 e. The average molecular weight is 500 g/mol. The number of ether oxygens (including phenoxy) is 3. The van der Waals surface area contributed by atoms with Crippen LogP contribution in [0.3, 0.4) is 0 Å². The summed E-state index contributed by atoms with van der Waals surface area (Å²) < 4.78 is 16.5. The first-order valence-electron chi connectivity index (χ1n) is 12.5. The Labute approximate surface area is 209 Å². The molecule has 0 saturated carbocycles. The monoisotopic (exact) mass is 499 g/mol. The van der Waals surface area contributed by atoms with E-state index < -0.39 is 0 Å². The number of likely N-dealkylation sites (tertiary alicyclic amines) is 1. The van der Waals surface area contributed by atoms with Gasteiger partial charge in [0.15, 0.2) is 11.5 Å². The van der Waals surface area contributed by atoms with E-state index in [1.165, 1.54) is 4.88 Å². The molecule has 1 aromatic heterocycles. The molecule has 5 rings (SSSR count). The lowest BCUT2D eigenvalue weighted by atomic mass is 9.95. The second-order valence-electron chi connectivity index (χ2n) is 9.24. The molecule has 0 bridgehead atoms. The maximum Gasteiger partial charge on any atom is 0.254 e. The van der Waals surface area contributed by atoms with Crippen LogP contribution in [0.4, 0.5) is 5.00 Å². The third-order valence-electron chi connectivity index (χ3n) is 6.90. The maximum absolute atomic E-state index is 13.2. The fraction of sp³-hybridized carbons (Fsp3) is 0.538. The number of methoxy groups -OCH3 is 1. The number of hydrogen-bond donors (Lipinski definition) is 2. The summed E-state index contributed by atoms with van der Waals surface area (Å²) in [7, 11) is 1.61. The highest BCUT2D eigenvalue weighted by Gasteiger charge is 2.30. The van der Waals surface area contributed by atoms with E-state index in [2.05, 4.69) is 21.6 Å². The predicted octanol–water partition coefficient (Wildman–Crippen LogP) is 3.55. The molecular formula is C26H33N3O5S. The summed E-state index contributed by atoms with van der Waals surface area (Å²) in [6.45, 7) is 3.17. The molecule has 2 aliphatic heterocycles. The fourth-order valence-corrected chi connectivity index (χ4v) is 6.56. The fourth-order valence-electron chi connectivity index (χ4n) is 5.26. The predicted molar refractivity (Wildman–Crippen MR) is 135 cm³/mol. The zero-order chi connectivity index (χ0) is 24.2. The molecule has 188 valence electrons. The molecule has 2 amide bonds. The van der Waals surface area contributed by atoms with E-state index in [-0.39, 0.29) is 24.4 Å². The highest BCUT2D eigenvalue weighted by molar-refractivity contribution is 7.17. The van der Waals surface area contributed by atoms with Crippen molar-refractivity contribution in [3.05, 3.63) is 39.8 Å². The highest BCUT2D eigenvalue weighted by atomic mass is 32.1. The van der Waals surface area contributed by atoms with Gasteiger partial charge in [0.2, 0.25) is 5.91 Å². The number of anilines is 1. The summed E-state index contributed by atoms with van der Waals surface area (Å²) in [5, 5.41) is 6.70. The molecule has 8 nitrogen and oxygen atoms in total. The van der Waals surface area contributed by atoms with Crippen LogP contribution in [0.15, 0.2) is 18.2 Å². The molecule has 0 unspecified atom stereocenters. The van der Waals surface area contributed by atoms with Crippen LogP contribution in [-0.2, 0) is 22.4 Å². The quantitative estimate of drug-likeness (QED) is 0.540. The van der Waals surface area contributed by atoms with Gasteiger partial charge >= 0.3 is 0 Å². The van der Waals surface area contributed by atoms with Crippen molar-refractivity contribution in [1.82, 2.24) is 10.2 Å². The van der Waals surface area contributed by atoms with Gasteiger partial charge in [0, 0.05) is 24.6 Å². The Hall–Kier alpha value is -2.62. The Morgan fingerprint density at radius 3 is 2.83 bits per heavy atom. The Morgan fingerprint density at radius 1 is 1.14 bits per heavy atom. The van der Waals surface area contributed by atoms with Crippen molar-refractivity contribution in [3.8, 4) is 11.5 Å². The second-order valence-corrected chi connectivity index (χ2v) is 10.3. The molecule has 1 saturated heterocycles. The number of carbonyl (C=O) groups excluding carboxylic acids is 2. The zero-order valence-electron chi connectivity index (χ0n) is 20.2. The number of benzene rings is 1. The highest BCUT2D eigenvalue weighted by Crippen LogP contribution is 2.40. The molecule has 1 aliphatic carbocycles. The van der Waals surface area contributed by atoms with E-state index in [1.807, 2.05) is 12.1 Å². The van der Waals surface area contributed by atoms with Gasteiger partial charge in [-0.2, -0.15) is 0 Å². The lowest BCUT2D eigenvalue weighted by Crippen LogP contribution is -2.33. The average Bonchev–Trinajstić information content (AvgIpc) is 3.47. The third-order valence-corrected chi connectivity index (χ3v) is 8.11. The summed E-state index contributed by atoms with van der Waals surface area (Å²) in [4.78, 5) is 29.6. The van der Waals surface area contributed by atoms with Crippen molar-refractivity contribution >= 4 is 28.2 Å². The number of nitrogens with one attached hydrogen (secondary N) is 2. The molecule has 1 atom stereocenters. The molecule has 2 aromatic rings. The Morgan fingerprint density at radius 2 is 1.97 bits per heavy atom. The van der Waals surface area contributed by atoms with Gasteiger partial charge in [0.1, 0.15) is 18.2 Å². The van der Waals surface area contributed by atoms with Gasteiger partial charge in [0.25, 0.3) is 5.91 Å². The molecule has 1 fully saturated rings. The van der Waals surface area contributed by atoms with Crippen molar-refractivity contribution in [1.29, 1.82) is 0 Å². The smallest absolute Gasteiger partial charge is 0.254 e. The number of aryl methyl sites for hydroxylation is 1. The molecule has 0 spiro atoms. The van der Waals surface area contributed by atoms with Gasteiger partial charge in [-0.1, -0.05) is 6.07 Å². The van der Waals surface area contributed by atoms with Crippen molar-refractivity contribution in [2.75, 3.05) is 51.9 Å². The summed E-state index contributed by atoms with van der Waals surface area (Å²) in [6.07, 6.45) is 6.07. The molecule has 35 heavy (non-hydrogen) atoms. The number of thiophene rings is 1. The van der Waals surface area contributed by atoms with Crippen LogP contribution in [0, 0.1) is 0 Å². The molecule has 3 aliphatic rings. The summed E-state index contributed by atoms with van der Waals surface area (Å²) in [5.41, 5.74) is 2.88. The topological polar surface area (TPSA) is 89.1 Å². The Bertz CT molecular complexity index is 1090. The van der Waals surface area contributed by atoms with Crippen LogP contribution < -0.4 is 20.1 Å². The Kier molecular flexibility index (Phi) is 7.55. The first-order chi connectivity index (χ1) is 17.1. The van der Waals surface area contributed by atoms with E-state index in [9.17, 15) is 9.59 Å². The molecule has 2 N–H and O–H groups in total. The number of fused-ring (bicyclic) bond motifs is 2. The standard InChI is InChI=1S/C26H33N3O5S/c1-32-12-10-27-25(31)24-18-5-2-3-7-22(18)35-26(24)28-23(30)16-29-11-4-6-19(29)17-8-9-20-21(15-17)34-14-13-33-20/h8-9,15,19H,2-7,10-14,16H2,1H3,(H,27,31)(H,28,30)/t19-/m0/s1. The first-order valence-corrected chi connectivity index (χ1v) is 13.3. The van der Waals surface area contributed by atoms with Crippen LogP contribution in [-0.4, -0.2) is 63.3 Å². The molecular weight excluding hydrogens is 466 g/mol. The van der Waals surface area contributed by atoms with Crippen LogP contribution in [0.25, 0.3) is 0 Å². The van der Waals surface area contributed by atoms with Crippen LogP contribution >= 0.6 is 11.3 Å². The second kappa shape index (κ2) is 11.0. The van der Waals surface area contributed by atoms with E-state index in [1.54, 1.807) is 18.4 Å². The molecule has 0 radical (unpaired) electrons. The molecule has 3 heterocycles. The first kappa shape index (κ1) is 24.1. The van der Waals surface area contributed by atoms with Crippen molar-refractivity contribution < 1.29 is 23.8 Å². The summed E-state index contributed by atoms with van der Waals surface area (Å²) in [6, 6.07) is 6.24. The van der Waals surface area contributed by atoms with E-state index in [0.717, 1.165) is 67.7 Å². The van der Waals surface area contributed by atoms with E-state index in [4.69, 9.17) is 14.2 Å². The number of nitrogens with zero attached hydrogens (tertiary/aromatic N) is 1. The molecule has 1 aromatic carbocycles. The third kappa shape index (κ3) is 5.32. The van der Waals surface area contributed by atoms with Gasteiger partial charge < -0.3 is 24.8 Å². The lowest BCUT2D eigenvalue weighted by molar-refractivity contribution is -0.117. The SMILES string of the molecule is COCCNC(=O)c1c(NC(=O)CN2CCC[C@H]2c2ccc3c(c2)OCCO3)sc2c1CCCC2. The van der Waals surface area contributed by atoms with Crippen LogP contribution in [0.2, 0.25) is 0 Å². The number of hydrogen-bond acceptors (Lipinski definition) is 7. The minimum absolute atomic E-state index is 0.0843. The van der Waals surface area contributed by atoms with Crippen molar-refractivity contribution in [2.24, 2.45) is 0 Å². The van der Waals surface area contributed by atoms with Crippen LogP contribution in [0.1, 0.15) is 58.1 Å². The number of carbonyl (C=O) groups is 2. The van der Waals surface area contributed by atoms with Gasteiger partial charge in [-0.3, -0.25) is 14.5 Å². The zero-order valence-corrected chi connectivity index (χ0v) is 21.0. The number of rotatable bonds is 8. The van der Waals surface area contributed by atoms with Gasteiger partial charge in [-0.15, -0.1) is 11.3 Å². The van der Waals surface area contributed by atoms with Crippen molar-refractivity contribution in [3.63, 3.8) is 0 Å².